The van der Waals surface area contributed by atoms with Crippen LogP contribution in [0.4, 0.5) is 30.8 Å². The SMILES string of the molecule is CC(C)N1CC(C(=O)Nc2ccc(Oc3ccnc4[nH]nc(NC[C@@H](C)O)c34)c(F)c2)C(=O)N(c2ccc(F)cc2)C1=O. The molecule has 4 amide bonds. The summed E-state index contributed by atoms with van der Waals surface area (Å²) in [6, 6.07) is 9.12. The van der Waals surface area contributed by atoms with Crippen LogP contribution in [0.2, 0.25) is 0 Å². The number of hydrogen-bond donors (Lipinski definition) is 4. The van der Waals surface area contributed by atoms with E-state index in [1.807, 2.05) is 0 Å². The normalized spacial score (nSPS) is 16.1. The smallest absolute Gasteiger partial charge is 0.331 e. The number of aromatic amines is 1. The molecule has 1 saturated heterocycles. The molecule has 12 nitrogen and oxygen atoms in total. The molecule has 3 heterocycles. The number of hydrogen-bond acceptors (Lipinski definition) is 8. The molecule has 0 radical (unpaired) electrons. The molecule has 4 N–H and O–H groups in total. The van der Waals surface area contributed by atoms with Gasteiger partial charge in [-0.2, -0.15) is 5.10 Å². The molecule has 2 aromatic carbocycles. The highest BCUT2D eigenvalue weighted by molar-refractivity contribution is 6.23. The number of benzene rings is 2. The zero-order chi connectivity index (χ0) is 30.8. The van der Waals surface area contributed by atoms with E-state index in [2.05, 4.69) is 25.8 Å². The third kappa shape index (κ3) is 6.09. The number of halogens is 2. The number of rotatable bonds is 9. The second kappa shape index (κ2) is 12.0. The molecular weight excluding hydrogens is 564 g/mol. The predicted octanol–water partition coefficient (Wildman–Crippen LogP) is 4.25. The molecule has 0 aliphatic carbocycles. The molecule has 4 aromatic rings. The van der Waals surface area contributed by atoms with Crippen LogP contribution >= 0.6 is 0 Å². The third-order valence-electron chi connectivity index (χ3n) is 6.77. The Balaban J connectivity index is 1.35. The molecule has 43 heavy (non-hydrogen) atoms. The maximum absolute atomic E-state index is 15.2. The van der Waals surface area contributed by atoms with Crippen LogP contribution in [0.15, 0.2) is 54.7 Å². The molecule has 224 valence electrons. The number of aliphatic hydroxyl groups excluding tert-OH is 1. The molecule has 1 aliphatic rings. The predicted molar refractivity (Wildman–Crippen MR) is 154 cm³/mol. The minimum absolute atomic E-state index is 0.0615. The van der Waals surface area contributed by atoms with Crippen molar-refractivity contribution >= 4 is 46.1 Å². The highest BCUT2D eigenvalue weighted by Crippen LogP contribution is 2.35. The van der Waals surface area contributed by atoms with Crippen LogP contribution in [-0.4, -0.2) is 68.3 Å². The van der Waals surface area contributed by atoms with E-state index in [0.29, 0.717) is 16.9 Å². The lowest BCUT2D eigenvalue weighted by Crippen LogP contribution is -2.61. The zero-order valence-electron chi connectivity index (χ0n) is 23.5. The summed E-state index contributed by atoms with van der Waals surface area (Å²) in [4.78, 5) is 46.1. The quantitative estimate of drug-likeness (QED) is 0.210. The van der Waals surface area contributed by atoms with Gasteiger partial charge in [-0.05, 0) is 57.2 Å². The van der Waals surface area contributed by atoms with Crippen molar-refractivity contribution in [2.45, 2.75) is 32.9 Å². The number of anilines is 3. The molecule has 0 saturated carbocycles. The van der Waals surface area contributed by atoms with Gasteiger partial charge in [0.25, 0.3) is 0 Å². The van der Waals surface area contributed by atoms with Crippen LogP contribution in [0.25, 0.3) is 11.0 Å². The van der Waals surface area contributed by atoms with E-state index in [9.17, 15) is 23.9 Å². The van der Waals surface area contributed by atoms with E-state index in [1.165, 1.54) is 41.4 Å². The molecule has 14 heteroatoms. The molecule has 1 fully saturated rings. The van der Waals surface area contributed by atoms with Gasteiger partial charge in [-0.3, -0.25) is 14.7 Å². The van der Waals surface area contributed by atoms with E-state index < -0.39 is 41.5 Å². The van der Waals surface area contributed by atoms with Crippen LogP contribution in [-0.2, 0) is 9.59 Å². The minimum Gasteiger partial charge on any atom is -0.453 e. The Morgan fingerprint density at radius 1 is 1.12 bits per heavy atom. The average Bonchev–Trinajstić information content (AvgIpc) is 3.38. The number of urea groups is 1. The van der Waals surface area contributed by atoms with Gasteiger partial charge in [0.2, 0.25) is 11.8 Å². The van der Waals surface area contributed by atoms with Crippen molar-refractivity contribution in [1.82, 2.24) is 20.1 Å². The van der Waals surface area contributed by atoms with E-state index in [1.54, 1.807) is 20.8 Å². The van der Waals surface area contributed by atoms with Crippen LogP contribution in [0.3, 0.4) is 0 Å². The Labute approximate surface area is 244 Å². The lowest BCUT2D eigenvalue weighted by Gasteiger charge is -2.39. The van der Waals surface area contributed by atoms with Crippen LogP contribution in [0.1, 0.15) is 20.8 Å². The van der Waals surface area contributed by atoms with E-state index in [-0.39, 0.29) is 42.0 Å². The lowest BCUT2D eigenvalue weighted by atomic mass is 10.0. The first-order valence-corrected chi connectivity index (χ1v) is 13.5. The monoisotopic (exact) mass is 593 g/mol. The third-order valence-corrected chi connectivity index (χ3v) is 6.77. The van der Waals surface area contributed by atoms with Crippen molar-refractivity contribution in [2.24, 2.45) is 5.92 Å². The average molecular weight is 594 g/mol. The number of carbonyl (C=O) groups excluding carboxylic acids is 3. The van der Waals surface area contributed by atoms with Crippen LogP contribution in [0, 0.1) is 17.6 Å². The number of amides is 4. The molecule has 2 aromatic heterocycles. The van der Waals surface area contributed by atoms with E-state index in [0.717, 1.165) is 23.1 Å². The van der Waals surface area contributed by atoms with Gasteiger partial charge in [0.1, 0.15) is 22.9 Å². The summed E-state index contributed by atoms with van der Waals surface area (Å²) in [5.74, 6) is -3.72. The first-order chi connectivity index (χ1) is 20.5. The topological polar surface area (TPSA) is 153 Å². The van der Waals surface area contributed by atoms with Crippen LogP contribution in [0.5, 0.6) is 11.5 Å². The Hall–Kier alpha value is -5.11. The first-order valence-electron chi connectivity index (χ1n) is 13.5. The largest absolute Gasteiger partial charge is 0.453 e. The van der Waals surface area contributed by atoms with Gasteiger partial charge in [-0.25, -0.2) is 23.5 Å². The number of carbonyl (C=O) groups is 3. The summed E-state index contributed by atoms with van der Waals surface area (Å²) in [5, 5.41) is 22.5. The van der Waals surface area contributed by atoms with Crippen molar-refractivity contribution in [2.75, 3.05) is 28.6 Å². The molecule has 5 rings (SSSR count). The summed E-state index contributed by atoms with van der Waals surface area (Å²) >= 11 is 0. The van der Waals surface area contributed by atoms with Crippen molar-refractivity contribution < 1.29 is 33.0 Å². The number of pyridine rings is 1. The zero-order valence-corrected chi connectivity index (χ0v) is 23.5. The fourth-order valence-corrected chi connectivity index (χ4v) is 4.58. The first kappa shape index (κ1) is 29.4. The minimum atomic E-state index is -1.30. The van der Waals surface area contributed by atoms with Crippen molar-refractivity contribution in [1.29, 1.82) is 0 Å². The summed E-state index contributed by atoms with van der Waals surface area (Å²) in [6.45, 7) is 5.12. The fourth-order valence-electron chi connectivity index (χ4n) is 4.58. The summed E-state index contributed by atoms with van der Waals surface area (Å²) in [6.07, 6.45) is 0.819. The van der Waals surface area contributed by atoms with Crippen molar-refractivity contribution in [3.63, 3.8) is 0 Å². The van der Waals surface area contributed by atoms with Gasteiger partial charge in [0.15, 0.2) is 23.0 Å². The Morgan fingerprint density at radius 3 is 2.53 bits per heavy atom. The summed E-state index contributed by atoms with van der Waals surface area (Å²) in [5.41, 5.74) is 0.571. The standard InChI is InChI=1S/C29H29F2N7O5/c1-15(2)37-14-20(28(41)38(29(37)42)19-7-4-17(30)5-8-19)27(40)34-18-6-9-22(21(31)12-18)43-23-10-11-32-25-24(23)26(36-35-25)33-13-16(3)39/h4-12,15-16,20,39H,13-14H2,1-3H3,(H,34,40)(H2,32,33,35,36)/t16-,20?/m1/s1. The number of fused-ring (bicyclic) bond motifs is 1. The van der Waals surface area contributed by atoms with E-state index >= 15 is 4.39 Å². The number of aliphatic hydroxyl groups is 1. The van der Waals surface area contributed by atoms with E-state index in [4.69, 9.17) is 4.74 Å². The maximum atomic E-state index is 15.2. The number of H-pyrrole nitrogens is 1. The van der Waals surface area contributed by atoms with Gasteiger partial charge in [-0.1, -0.05) is 0 Å². The van der Waals surface area contributed by atoms with Gasteiger partial charge < -0.3 is 25.4 Å². The summed E-state index contributed by atoms with van der Waals surface area (Å²) < 4.78 is 34.5. The van der Waals surface area contributed by atoms with Crippen molar-refractivity contribution in [3.05, 3.63) is 66.4 Å². The number of aromatic nitrogens is 3. The van der Waals surface area contributed by atoms with Gasteiger partial charge in [-0.15, -0.1) is 0 Å². The number of nitrogens with zero attached hydrogens (tertiary/aromatic N) is 4. The molecule has 1 aliphatic heterocycles. The highest BCUT2D eigenvalue weighted by Gasteiger charge is 2.44. The van der Waals surface area contributed by atoms with Crippen molar-refractivity contribution in [3.8, 4) is 11.5 Å². The Morgan fingerprint density at radius 2 is 1.86 bits per heavy atom. The molecular formula is C29H29F2N7O5. The summed E-state index contributed by atoms with van der Waals surface area (Å²) in [7, 11) is 0. The molecule has 2 atom stereocenters. The lowest BCUT2D eigenvalue weighted by molar-refractivity contribution is -0.132. The molecule has 0 spiro atoms. The maximum Gasteiger partial charge on any atom is 0.331 e. The Kier molecular flexibility index (Phi) is 8.21. The Bertz CT molecular complexity index is 1680. The fraction of sp³-hybridized carbons (Fsp3) is 0.276. The van der Waals surface area contributed by atoms with Gasteiger partial charge >= 0.3 is 6.03 Å². The highest BCUT2D eigenvalue weighted by atomic mass is 19.1. The number of imide groups is 1. The molecule has 1 unspecified atom stereocenters. The second-order valence-corrected chi connectivity index (χ2v) is 10.3. The van der Waals surface area contributed by atoms with Gasteiger partial charge in [0, 0.05) is 43.1 Å². The second-order valence-electron chi connectivity index (χ2n) is 10.3. The number of ether oxygens (including phenoxy) is 1. The van der Waals surface area contributed by atoms with Gasteiger partial charge in [0.05, 0.1) is 11.8 Å². The number of nitrogens with one attached hydrogen (secondary N) is 3. The van der Waals surface area contributed by atoms with Crippen LogP contribution < -0.4 is 20.3 Å². The molecule has 0 bridgehead atoms.